The van der Waals surface area contributed by atoms with Crippen LogP contribution in [0.15, 0.2) is 48.5 Å². The Kier molecular flexibility index (Phi) is 8.53. The summed E-state index contributed by atoms with van der Waals surface area (Å²) in [6.45, 7) is 7.73. The fourth-order valence-electron chi connectivity index (χ4n) is 2.50. The summed E-state index contributed by atoms with van der Waals surface area (Å²) in [6, 6.07) is 14.0. The molecular weight excluding hydrogens is 352 g/mol. The molecule has 2 aromatic rings. The fraction of sp³-hybridized carbons (Fsp3) is 0.391. The first kappa shape index (κ1) is 21.5. The van der Waals surface area contributed by atoms with Crippen LogP contribution in [0.4, 0.5) is 5.69 Å². The van der Waals surface area contributed by atoms with Crippen LogP contribution in [0.5, 0.6) is 5.75 Å². The smallest absolute Gasteiger partial charge is 0.255 e. The van der Waals surface area contributed by atoms with Crippen molar-refractivity contribution in [3.63, 3.8) is 0 Å². The van der Waals surface area contributed by atoms with Crippen molar-refractivity contribution < 1.29 is 14.3 Å². The average Bonchev–Trinajstić information content (AvgIpc) is 2.69. The summed E-state index contributed by atoms with van der Waals surface area (Å²) < 4.78 is 5.67. The van der Waals surface area contributed by atoms with Gasteiger partial charge in [-0.25, -0.2) is 0 Å². The second-order valence-corrected chi connectivity index (χ2v) is 7.20. The summed E-state index contributed by atoms with van der Waals surface area (Å²) in [4.78, 5) is 24.4. The maximum absolute atomic E-state index is 12.4. The van der Waals surface area contributed by atoms with E-state index in [0.29, 0.717) is 35.9 Å². The number of amides is 2. The number of hydrogen-bond acceptors (Lipinski definition) is 3. The van der Waals surface area contributed by atoms with Crippen molar-refractivity contribution in [3.8, 4) is 5.75 Å². The van der Waals surface area contributed by atoms with Crippen molar-refractivity contribution in [3.05, 3.63) is 59.7 Å². The highest BCUT2D eigenvalue weighted by molar-refractivity contribution is 6.04. The zero-order valence-corrected chi connectivity index (χ0v) is 17.0. The number of hydrogen-bond donors (Lipinski definition) is 2. The van der Waals surface area contributed by atoms with Gasteiger partial charge in [0.25, 0.3) is 11.8 Å². The van der Waals surface area contributed by atoms with Crippen molar-refractivity contribution in [1.82, 2.24) is 5.32 Å². The maximum atomic E-state index is 12.4. The third-order valence-corrected chi connectivity index (χ3v) is 4.30. The number of carbonyl (C=O) groups is 2. The van der Waals surface area contributed by atoms with E-state index in [9.17, 15) is 9.59 Å². The van der Waals surface area contributed by atoms with Gasteiger partial charge in [-0.1, -0.05) is 27.2 Å². The van der Waals surface area contributed by atoms with Crippen LogP contribution in [0.25, 0.3) is 0 Å². The molecule has 0 heterocycles. The summed E-state index contributed by atoms with van der Waals surface area (Å²) in [6.07, 6.45) is 2.99. The number of ether oxygens (including phenoxy) is 1. The maximum Gasteiger partial charge on any atom is 0.255 e. The van der Waals surface area contributed by atoms with Gasteiger partial charge in [0, 0.05) is 23.4 Å². The third kappa shape index (κ3) is 7.06. The van der Waals surface area contributed by atoms with Crippen LogP contribution in [0, 0.1) is 5.92 Å². The Morgan fingerprint density at radius 1 is 0.929 bits per heavy atom. The zero-order valence-electron chi connectivity index (χ0n) is 17.0. The summed E-state index contributed by atoms with van der Waals surface area (Å²) in [5, 5.41) is 5.72. The van der Waals surface area contributed by atoms with E-state index in [1.807, 2.05) is 0 Å². The van der Waals surface area contributed by atoms with Gasteiger partial charge in [-0.05, 0) is 67.3 Å². The van der Waals surface area contributed by atoms with Crippen LogP contribution >= 0.6 is 0 Å². The average molecular weight is 383 g/mol. The predicted octanol–water partition coefficient (Wildman–Crippen LogP) is 4.89. The molecule has 150 valence electrons. The van der Waals surface area contributed by atoms with Crippen LogP contribution < -0.4 is 15.4 Å². The number of benzene rings is 2. The van der Waals surface area contributed by atoms with E-state index in [2.05, 4.69) is 31.4 Å². The molecule has 0 aromatic heterocycles. The van der Waals surface area contributed by atoms with Crippen LogP contribution in [0.2, 0.25) is 0 Å². The molecule has 28 heavy (non-hydrogen) atoms. The standard InChI is InChI=1S/C23H30N2O3/c1-4-5-15-24-22(26)18-6-10-20(11-7-18)25-23(27)19-8-12-21(13-9-19)28-16-14-17(2)3/h6-13,17H,4-5,14-16H2,1-3H3,(H,24,26)(H,25,27). The van der Waals surface area contributed by atoms with Crippen molar-refractivity contribution in [2.24, 2.45) is 5.92 Å². The second-order valence-electron chi connectivity index (χ2n) is 7.20. The van der Waals surface area contributed by atoms with Gasteiger partial charge in [0.05, 0.1) is 6.61 Å². The Bertz CT molecular complexity index is 752. The molecule has 0 radical (unpaired) electrons. The Morgan fingerprint density at radius 3 is 2.14 bits per heavy atom. The molecule has 0 aliphatic heterocycles. The van der Waals surface area contributed by atoms with Crippen molar-refractivity contribution >= 4 is 17.5 Å². The fourth-order valence-corrected chi connectivity index (χ4v) is 2.50. The minimum Gasteiger partial charge on any atom is -0.494 e. The lowest BCUT2D eigenvalue weighted by molar-refractivity contribution is 0.0952. The molecule has 0 atom stereocenters. The minimum atomic E-state index is -0.200. The quantitative estimate of drug-likeness (QED) is 0.575. The molecule has 2 amide bonds. The first-order chi connectivity index (χ1) is 13.5. The Balaban J connectivity index is 1.87. The molecular formula is C23H30N2O3. The van der Waals surface area contributed by atoms with Gasteiger partial charge in [0.15, 0.2) is 0 Å². The molecule has 0 fully saturated rings. The van der Waals surface area contributed by atoms with E-state index in [4.69, 9.17) is 4.74 Å². The van der Waals surface area contributed by atoms with Crippen molar-refractivity contribution in [2.45, 2.75) is 40.0 Å². The van der Waals surface area contributed by atoms with Crippen LogP contribution in [-0.2, 0) is 0 Å². The van der Waals surface area contributed by atoms with Crippen LogP contribution in [-0.4, -0.2) is 25.0 Å². The molecule has 5 heteroatoms. The third-order valence-electron chi connectivity index (χ3n) is 4.30. The number of nitrogens with one attached hydrogen (secondary N) is 2. The van der Waals surface area contributed by atoms with Gasteiger partial charge in [0.1, 0.15) is 5.75 Å². The van der Waals surface area contributed by atoms with Gasteiger partial charge in [-0.2, -0.15) is 0 Å². The number of anilines is 1. The van der Waals surface area contributed by atoms with E-state index < -0.39 is 0 Å². The Hall–Kier alpha value is -2.82. The van der Waals surface area contributed by atoms with E-state index in [0.717, 1.165) is 25.0 Å². The number of carbonyl (C=O) groups excluding carboxylic acids is 2. The van der Waals surface area contributed by atoms with Gasteiger partial charge in [0.2, 0.25) is 0 Å². The lowest BCUT2D eigenvalue weighted by Gasteiger charge is -2.09. The van der Waals surface area contributed by atoms with Crippen molar-refractivity contribution in [1.29, 1.82) is 0 Å². The Labute approximate surface area is 167 Å². The molecule has 2 rings (SSSR count). The lowest BCUT2D eigenvalue weighted by Crippen LogP contribution is -2.24. The molecule has 0 aliphatic rings. The van der Waals surface area contributed by atoms with Gasteiger partial charge in [-0.3, -0.25) is 9.59 Å². The van der Waals surface area contributed by atoms with E-state index >= 15 is 0 Å². The SMILES string of the molecule is CCCCNC(=O)c1ccc(NC(=O)c2ccc(OCCC(C)C)cc2)cc1. The monoisotopic (exact) mass is 382 g/mol. The molecule has 0 spiro atoms. The molecule has 0 unspecified atom stereocenters. The van der Waals surface area contributed by atoms with Gasteiger partial charge in [-0.15, -0.1) is 0 Å². The van der Waals surface area contributed by atoms with Crippen LogP contribution in [0.1, 0.15) is 60.7 Å². The highest BCUT2D eigenvalue weighted by Gasteiger charge is 2.08. The molecule has 5 nitrogen and oxygen atoms in total. The molecule has 0 saturated carbocycles. The summed E-state index contributed by atoms with van der Waals surface area (Å²) in [5.74, 6) is 1.06. The molecule has 0 bridgehead atoms. The lowest BCUT2D eigenvalue weighted by atomic mass is 10.1. The normalized spacial score (nSPS) is 10.6. The highest BCUT2D eigenvalue weighted by Crippen LogP contribution is 2.16. The summed E-state index contributed by atoms with van der Waals surface area (Å²) in [5.41, 5.74) is 1.78. The largest absolute Gasteiger partial charge is 0.494 e. The minimum absolute atomic E-state index is 0.0978. The van der Waals surface area contributed by atoms with Gasteiger partial charge >= 0.3 is 0 Å². The summed E-state index contributed by atoms with van der Waals surface area (Å²) >= 11 is 0. The number of unbranched alkanes of at least 4 members (excludes halogenated alkanes) is 1. The van der Waals surface area contributed by atoms with E-state index in [1.54, 1.807) is 48.5 Å². The van der Waals surface area contributed by atoms with Gasteiger partial charge < -0.3 is 15.4 Å². The summed E-state index contributed by atoms with van der Waals surface area (Å²) in [7, 11) is 0. The van der Waals surface area contributed by atoms with E-state index in [-0.39, 0.29) is 11.8 Å². The molecule has 0 aliphatic carbocycles. The Morgan fingerprint density at radius 2 is 1.54 bits per heavy atom. The second kappa shape index (κ2) is 11.1. The predicted molar refractivity (Wildman–Crippen MR) is 113 cm³/mol. The first-order valence-electron chi connectivity index (χ1n) is 9.92. The highest BCUT2D eigenvalue weighted by atomic mass is 16.5. The van der Waals surface area contributed by atoms with Crippen LogP contribution in [0.3, 0.4) is 0 Å². The van der Waals surface area contributed by atoms with Crippen molar-refractivity contribution in [2.75, 3.05) is 18.5 Å². The first-order valence-corrected chi connectivity index (χ1v) is 9.92. The molecule has 2 N–H and O–H groups in total. The number of rotatable bonds is 10. The topological polar surface area (TPSA) is 67.4 Å². The van der Waals surface area contributed by atoms with E-state index in [1.165, 1.54) is 0 Å². The molecule has 0 saturated heterocycles. The zero-order chi connectivity index (χ0) is 20.4. The molecule has 2 aromatic carbocycles.